The van der Waals surface area contributed by atoms with E-state index in [0.717, 1.165) is 10.0 Å². The molecule has 0 saturated carbocycles. The summed E-state index contributed by atoms with van der Waals surface area (Å²) in [7, 11) is 0. The number of hydrogen-bond acceptors (Lipinski definition) is 4. The Kier molecular flexibility index (Phi) is 6.89. The summed E-state index contributed by atoms with van der Waals surface area (Å²) >= 11 is 3.27. The molecule has 0 aliphatic rings. The average molecular weight is 404 g/mol. The molecule has 0 heterocycles. The summed E-state index contributed by atoms with van der Waals surface area (Å²) in [5.41, 5.74) is 1.28. The number of halogens is 1. The highest BCUT2D eigenvalue weighted by Crippen LogP contribution is 2.12. The number of Topliss-reactive ketones (excluding diaryl/α,β-unsaturated/α-hetero) is 1. The summed E-state index contributed by atoms with van der Waals surface area (Å²) in [5.74, 6) is -1.27. The molecule has 2 aromatic carbocycles. The van der Waals surface area contributed by atoms with Crippen molar-refractivity contribution >= 4 is 33.6 Å². The first kappa shape index (κ1) is 18.9. The van der Waals surface area contributed by atoms with Crippen molar-refractivity contribution in [2.24, 2.45) is 0 Å². The minimum absolute atomic E-state index is 0.157. The zero-order valence-corrected chi connectivity index (χ0v) is 15.3. The second-order valence-electron chi connectivity index (χ2n) is 5.51. The maximum Gasteiger partial charge on any atom is 0.338 e. The minimum Gasteiger partial charge on any atom is -0.452 e. The van der Waals surface area contributed by atoms with E-state index in [1.165, 1.54) is 6.92 Å². The number of benzene rings is 2. The van der Waals surface area contributed by atoms with E-state index in [1.54, 1.807) is 24.3 Å². The van der Waals surface area contributed by atoms with E-state index in [4.69, 9.17) is 4.74 Å². The number of rotatable bonds is 7. The van der Waals surface area contributed by atoms with Crippen LogP contribution in [0, 0.1) is 0 Å². The fourth-order valence-corrected chi connectivity index (χ4v) is 2.61. The molecule has 0 radical (unpaired) electrons. The third-order valence-corrected chi connectivity index (χ3v) is 4.00. The standard InChI is InChI=1S/C19H18BrNO4/c1-13(22)17(10-14-6-3-2-4-7-14)21-18(23)12-25-19(24)15-8-5-9-16(20)11-15/h2-9,11,17H,10,12H2,1H3,(H,21,23). The summed E-state index contributed by atoms with van der Waals surface area (Å²) in [4.78, 5) is 35.7. The Balaban J connectivity index is 1.88. The molecule has 0 bridgehead atoms. The van der Waals surface area contributed by atoms with Gasteiger partial charge in [-0.15, -0.1) is 0 Å². The fraction of sp³-hybridized carbons (Fsp3) is 0.211. The number of esters is 1. The average Bonchev–Trinajstić information content (AvgIpc) is 2.60. The number of hydrogen-bond donors (Lipinski definition) is 1. The fourth-order valence-electron chi connectivity index (χ4n) is 2.21. The molecule has 5 nitrogen and oxygen atoms in total. The lowest BCUT2D eigenvalue weighted by atomic mass is 10.0. The second-order valence-corrected chi connectivity index (χ2v) is 6.42. The molecule has 1 amide bonds. The molecule has 1 N–H and O–H groups in total. The highest BCUT2D eigenvalue weighted by Gasteiger charge is 2.19. The SMILES string of the molecule is CC(=O)C(Cc1ccccc1)NC(=O)COC(=O)c1cccc(Br)c1. The van der Waals surface area contributed by atoms with Crippen molar-refractivity contribution in [3.63, 3.8) is 0 Å². The van der Waals surface area contributed by atoms with Crippen LogP contribution in [-0.4, -0.2) is 30.3 Å². The summed E-state index contributed by atoms with van der Waals surface area (Å²) in [6.07, 6.45) is 0.390. The number of amides is 1. The van der Waals surface area contributed by atoms with Crippen LogP contribution in [0.2, 0.25) is 0 Å². The summed E-state index contributed by atoms with van der Waals surface area (Å²) in [6, 6.07) is 15.4. The third-order valence-electron chi connectivity index (χ3n) is 3.50. The van der Waals surface area contributed by atoms with Gasteiger partial charge in [0.05, 0.1) is 11.6 Å². The Morgan fingerprint density at radius 2 is 1.80 bits per heavy atom. The monoisotopic (exact) mass is 403 g/mol. The first-order valence-electron chi connectivity index (χ1n) is 7.72. The first-order valence-corrected chi connectivity index (χ1v) is 8.51. The van der Waals surface area contributed by atoms with Crippen LogP contribution in [0.4, 0.5) is 0 Å². The van der Waals surface area contributed by atoms with E-state index >= 15 is 0 Å². The highest BCUT2D eigenvalue weighted by molar-refractivity contribution is 9.10. The molecule has 130 valence electrons. The van der Waals surface area contributed by atoms with Gasteiger partial charge in [-0.25, -0.2) is 4.79 Å². The Morgan fingerprint density at radius 3 is 2.44 bits per heavy atom. The maximum absolute atomic E-state index is 12.0. The largest absolute Gasteiger partial charge is 0.452 e. The van der Waals surface area contributed by atoms with Crippen molar-refractivity contribution in [1.82, 2.24) is 5.32 Å². The number of carbonyl (C=O) groups is 3. The van der Waals surface area contributed by atoms with Crippen LogP contribution in [-0.2, 0) is 20.7 Å². The van der Waals surface area contributed by atoms with Crippen molar-refractivity contribution in [2.75, 3.05) is 6.61 Å². The topological polar surface area (TPSA) is 72.5 Å². The van der Waals surface area contributed by atoms with E-state index in [2.05, 4.69) is 21.2 Å². The van der Waals surface area contributed by atoms with Gasteiger partial charge in [-0.05, 0) is 37.1 Å². The molecule has 2 rings (SSSR count). The van der Waals surface area contributed by atoms with Gasteiger partial charge in [-0.3, -0.25) is 9.59 Å². The normalized spacial score (nSPS) is 11.4. The van der Waals surface area contributed by atoms with Gasteiger partial charge in [-0.2, -0.15) is 0 Å². The van der Waals surface area contributed by atoms with Crippen LogP contribution >= 0.6 is 15.9 Å². The number of nitrogens with one attached hydrogen (secondary N) is 1. The van der Waals surface area contributed by atoms with Gasteiger partial charge < -0.3 is 10.1 Å². The zero-order valence-electron chi connectivity index (χ0n) is 13.7. The molecule has 1 unspecified atom stereocenters. The smallest absolute Gasteiger partial charge is 0.338 e. The number of carbonyl (C=O) groups excluding carboxylic acids is 3. The Hall–Kier alpha value is -2.47. The summed E-state index contributed by atoms with van der Waals surface area (Å²) in [6.45, 7) is 0.977. The summed E-state index contributed by atoms with van der Waals surface area (Å²) < 4.78 is 5.73. The molecule has 25 heavy (non-hydrogen) atoms. The van der Waals surface area contributed by atoms with E-state index < -0.39 is 24.5 Å². The van der Waals surface area contributed by atoms with Crippen LogP contribution in [0.15, 0.2) is 59.1 Å². The predicted molar refractivity (Wildman–Crippen MR) is 97.2 cm³/mol. The van der Waals surface area contributed by atoms with E-state index in [9.17, 15) is 14.4 Å². The van der Waals surface area contributed by atoms with Gasteiger partial charge in [0.15, 0.2) is 12.4 Å². The zero-order chi connectivity index (χ0) is 18.2. The Labute approximate surface area is 154 Å². The Bertz CT molecular complexity index is 761. The Morgan fingerprint density at radius 1 is 1.08 bits per heavy atom. The van der Waals surface area contributed by atoms with Gasteiger partial charge in [-0.1, -0.05) is 52.3 Å². The predicted octanol–water partition coefficient (Wildman–Crippen LogP) is 2.92. The lowest BCUT2D eigenvalue weighted by molar-refractivity contribution is -0.128. The van der Waals surface area contributed by atoms with Crippen LogP contribution < -0.4 is 5.32 Å². The molecular weight excluding hydrogens is 386 g/mol. The third kappa shape index (κ3) is 6.15. The molecule has 1 atom stereocenters. The van der Waals surface area contributed by atoms with E-state index in [-0.39, 0.29) is 5.78 Å². The minimum atomic E-state index is -0.653. The van der Waals surface area contributed by atoms with Crippen molar-refractivity contribution in [3.8, 4) is 0 Å². The van der Waals surface area contributed by atoms with Gasteiger partial charge in [0.1, 0.15) is 0 Å². The molecular formula is C19H18BrNO4. The molecule has 2 aromatic rings. The maximum atomic E-state index is 12.0. The lowest BCUT2D eigenvalue weighted by Gasteiger charge is -2.16. The van der Waals surface area contributed by atoms with Crippen LogP contribution in [0.1, 0.15) is 22.8 Å². The quantitative estimate of drug-likeness (QED) is 0.721. The molecule has 0 aliphatic heterocycles. The van der Waals surface area contributed by atoms with Crippen LogP contribution in [0.3, 0.4) is 0 Å². The highest BCUT2D eigenvalue weighted by atomic mass is 79.9. The van der Waals surface area contributed by atoms with Gasteiger partial charge in [0.2, 0.25) is 0 Å². The first-order chi connectivity index (χ1) is 12.0. The molecule has 0 spiro atoms. The molecule has 0 saturated heterocycles. The molecule has 0 aromatic heterocycles. The number of ether oxygens (including phenoxy) is 1. The van der Waals surface area contributed by atoms with Crippen molar-refractivity contribution in [3.05, 3.63) is 70.2 Å². The molecule has 0 aliphatic carbocycles. The molecule has 0 fully saturated rings. The van der Waals surface area contributed by atoms with Gasteiger partial charge >= 0.3 is 5.97 Å². The van der Waals surface area contributed by atoms with E-state index in [1.807, 2.05) is 30.3 Å². The van der Waals surface area contributed by atoms with Crippen LogP contribution in [0.5, 0.6) is 0 Å². The van der Waals surface area contributed by atoms with Gasteiger partial charge in [0, 0.05) is 4.47 Å². The summed E-state index contributed by atoms with van der Waals surface area (Å²) in [5, 5.41) is 2.61. The second kappa shape index (κ2) is 9.13. The van der Waals surface area contributed by atoms with Crippen molar-refractivity contribution < 1.29 is 19.1 Å². The van der Waals surface area contributed by atoms with Crippen LogP contribution in [0.25, 0.3) is 0 Å². The molecule has 6 heteroatoms. The van der Waals surface area contributed by atoms with Gasteiger partial charge in [0.25, 0.3) is 5.91 Å². The van der Waals surface area contributed by atoms with E-state index in [0.29, 0.717) is 12.0 Å². The lowest BCUT2D eigenvalue weighted by Crippen LogP contribution is -2.43. The van der Waals surface area contributed by atoms with Crippen molar-refractivity contribution in [1.29, 1.82) is 0 Å². The number of ketones is 1. The van der Waals surface area contributed by atoms with Crippen molar-refractivity contribution in [2.45, 2.75) is 19.4 Å².